The minimum Gasteiger partial charge on any atom is -0.368 e. The molecule has 2 aromatic carbocycles. The summed E-state index contributed by atoms with van der Waals surface area (Å²) >= 11 is 0. The number of rotatable bonds is 4. The Morgan fingerprint density at radius 1 is 1.07 bits per heavy atom. The zero-order valence-electron chi connectivity index (χ0n) is 15.3. The van der Waals surface area contributed by atoms with E-state index in [4.69, 9.17) is 5.73 Å². The van der Waals surface area contributed by atoms with Gasteiger partial charge in [-0.15, -0.1) is 0 Å². The highest BCUT2D eigenvalue weighted by molar-refractivity contribution is 6.01. The van der Waals surface area contributed by atoms with Gasteiger partial charge in [0, 0.05) is 34.6 Å². The predicted molar refractivity (Wildman–Crippen MR) is 111 cm³/mol. The van der Waals surface area contributed by atoms with Crippen LogP contribution in [0.1, 0.15) is 0 Å². The Morgan fingerprint density at radius 3 is 2.72 bits per heavy atom. The molecule has 1 amide bonds. The van der Waals surface area contributed by atoms with Crippen LogP contribution in [0, 0.1) is 5.82 Å². The first-order valence-electron chi connectivity index (χ1n) is 8.74. The fourth-order valence-electron chi connectivity index (χ4n) is 3.07. The summed E-state index contributed by atoms with van der Waals surface area (Å²) < 4.78 is 13.7. The highest BCUT2D eigenvalue weighted by Crippen LogP contribution is 2.34. The molecule has 0 unspecified atom stereocenters. The van der Waals surface area contributed by atoms with Gasteiger partial charge in [0.15, 0.2) is 0 Å². The molecule has 3 N–H and O–H groups in total. The van der Waals surface area contributed by atoms with Crippen LogP contribution in [0.5, 0.6) is 0 Å². The van der Waals surface area contributed by atoms with Gasteiger partial charge in [0.25, 0.3) is 0 Å². The van der Waals surface area contributed by atoms with Gasteiger partial charge < -0.3 is 11.1 Å². The van der Waals surface area contributed by atoms with Crippen LogP contribution in [0.25, 0.3) is 33.2 Å². The Labute approximate surface area is 166 Å². The number of nitrogens with two attached hydrogens (primary N) is 1. The van der Waals surface area contributed by atoms with Crippen LogP contribution in [-0.2, 0) is 4.79 Å². The van der Waals surface area contributed by atoms with Gasteiger partial charge in [-0.1, -0.05) is 18.7 Å². The number of hydrogen-bond acceptors (Lipinski definition) is 5. The number of benzene rings is 2. The van der Waals surface area contributed by atoms with Gasteiger partial charge in [-0.2, -0.15) is 0 Å². The number of nitrogens with one attached hydrogen (secondary N) is 1. The minimum absolute atomic E-state index is 0.148. The summed E-state index contributed by atoms with van der Waals surface area (Å²) in [6, 6.07) is 12.5. The van der Waals surface area contributed by atoms with E-state index in [1.54, 1.807) is 18.5 Å². The summed E-state index contributed by atoms with van der Waals surface area (Å²) in [6.07, 6.45) is 5.57. The van der Waals surface area contributed by atoms with E-state index in [9.17, 15) is 9.18 Å². The number of nitrogens with zero attached hydrogens (tertiary/aromatic N) is 3. The molecule has 2 heterocycles. The summed E-state index contributed by atoms with van der Waals surface area (Å²) in [5.74, 6) is -0.583. The maximum atomic E-state index is 13.7. The zero-order valence-corrected chi connectivity index (χ0v) is 15.3. The molecule has 2 aromatic heterocycles. The van der Waals surface area contributed by atoms with Crippen LogP contribution in [-0.4, -0.2) is 20.9 Å². The number of anilines is 2. The molecule has 29 heavy (non-hydrogen) atoms. The second-order valence-electron chi connectivity index (χ2n) is 6.36. The standard InChI is InChI=1S/C22H16FN5O/c1-2-20(29)27-18-5-3-4-13(8-18)19-9-14(15-7-17(23)12-25-10-15)6-16-11-26-22(24)28-21(16)19/h2-12H,1H2,(H,27,29)(H2,24,26,28). The van der Waals surface area contributed by atoms with Gasteiger partial charge in [-0.05, 0) is 47.5 Å². The number of pyridine rings is 1. The van der Waals surface area contributed by atoms with Gasteiger partial charge in [-0.3, -0.25) is 9.78 Å². The van der Waals surface area contributed by atoms with E-state index in [0.29, 0.717) is 16.8 Å². The van der Waals surface area contributed by atoms with Gasteiger partial charge in [-0.25, -0.2) is 14.4 Å². The summed E-state index contributed by atoms with van der Waals surface area (Å²) in [7, 11) is 0. The van der Waals surface area contributed by atoms with Crippen molar-refractivity contribution in [1.82, 2.24) is 15.0 Å². The normalized spacial score (nSPS) is 10.7. The number of hydrogen-bond donors (Lipinski definition) is 2. The average molecular weight is 385 g/mol. The lowest BCUT2D eigenvalue weighted by molar-refractivity contribution is -0.111. The Morgan fingerprint density at radius 2 is 1.93 bits per heavy atom. The highest BCUT2D eigenvalue weighted by Gasteiger charge is 2.12. The minimum atomic E-state index is -0.424. The maximum absolute atomic E-state index is 13.7. The van der Waals surface area contributed by atoms with Crippen molar-refractivity contribution >= 4 is 28.4 Å². The molecule has 0 saturated carbocycles. The summed E-state index contributed by atoms with van der Waals surface area (Å²) in [5.41, 5.74) is 10.0. The van der Waals surface area contributed by atoms with E-state index in [1.165, 1.54) is 12.1 Å². The second kappa shape index (κ2) is 7.47. The lowest BCUT2D eigenvalue weighted by Gasteiger charge is -2.12. The maximum Gasteiger partial charge on any atom is 0.247 e. The van der Waals surface area contributed by atoms with E-state index in [0.717, 1.165) is 28.3 Å². The fourth-order valence-corrected chi connectivity index (χ4v) is 3.07. The second-order valence-corrected chi connectivity index (χ2v) is 6.36. The molecule has 0 bridgehead atoms. The van der Waals surface area contributed by atoms with Crippen molar-refractivity contribution < 1.29 is 9.18 Å². The molecular weight excluding hydrogens is 369 g/mol. The molecule has 0 saturated heterocycles. The molecule has 6 nitrogen and oxygen atoms in total. The van der Waals surface area contributed by atoms with Crippen LogP contribution in [0.2, 0.25) is 0 Å². The summed E-state index contributed by atoms with van der Waals surface area (Å²) in [5, 5.41) is 3.49. The number of halogens is 1. The number of nitrogen functional groups attached to an aromatic ring is 1. The molecule has 0 aliphatic heterocycles. The fraction of sp³-hybridized carbons (Fsp3) is 0. The van der Waals surface area contributed by atoms with E-state index in [-0.39, 0.29) is 11.9 Å². The average Bonchev–Trinajstić information content (AvgIpc) is 2.73. The molecule has 0 aliphatic carbocycles. The van der Waals surface area contributed by atoms with Crippen molar-refractivity contribution in [1.29, 1.82) is 0 Å². The van der Waals surface area contributed by atoms with Crippen molar-refractivity contribution in [2.45, 2.75) is 0 Å². The SMILES string of the molecule is C=CC(=O)Nc1cccc(-c2cc(-c3cncc(F)c3)cc3cnc(N)nc23)c1. The van der Waals surface area contributed by atoms with Crippen LogP contribution in [0.3, 0.4) is 0 Å². The van der Waals surface area contributed by atoms with E-state index >= 15 is 0 Å². The van der Waals surface area contributed by atoms with E-state index in [2.05, 4.69) is 26.8 Å². The molecular formula is C22H16FN5O. The number of amides is 1. The topological polar surface area (TPSA) is 93.8 Å². The summed E-state index contributed by atoms with van der Waals surface area (Å²) in [4.78, 5) is 24.0. The first-order chi connectivity index (χ1) is 14.0. The number of aromatic nitrogens is 3. The van der Waals surface area contributed by atoms with Crippen molar-refractivity contribution in [3.63, 3.8) is 0 Å². The molecule has 4 rings (SSSR count). The van der Waals surface area contributed by atoms with Crippen molar-refractivity contribution in [2.75, 3.05) is 11.1 Å². The number of carbonyl (C=O) groups excluding carboxylic acids is 1. The lowest BCUT2D eigenvalue weighted by Crippen LogP contribution is -2.07. The summed E-state index contributed by atoms with van der Waals surface area (Å²) in [6.45, 7) is 3.46. The Kier molecular flexibility index (Phi) is 4.70. The molecule has 0 atom stereocenters. The van der Waals surface area contributed by atoms with Crippen molar-refractivity contribution in [3.05, 3.63) is 79.5 Å². The lowest BCUT2D eigenvalue weighted by atomic mass is 9.96. The first kappa shape index (κ1) is 18.2. The van der Waals surface area contributed by atoms with Gasteiger partial charge in [0.05, 0.1) is 11.7 Å². The molecule has 0 aliphatic rings. The Hall–Kier alpha value is -4.13. The molecule has 0 spiro atoms. The third kappa shape index (κ3) is 3.79. The number of carbonyl (C=O) groups is 1. The van der Waals surface area contributed by atoms with Gasteiger partial charge in [0.1, 0.15) is 5.82 Å². The molecule has 0 fully saturated rings. The zero-order chi connectivity index (χ0) is 20.4. The van der Waals surface area contributed by atoms with Crippen LogP contribution in [0.4, 0.5) is 16.0 Å². The quantitative estimate of drug-likeness (QED) is 0.514. The smallest absolute Gasteiger partial charge is 0.247 e. The molecule has 0 radical (unpaired) electrons. The van der Waals surface area contributed by atoms with Crippen LogP contribution < -0.4 is 11.1 Å². The third-order valence-corrected chi connectivity index (χ3v) is 4.37. The van der Waals surface area contributed by atoms with Crippen LogP contribution in [0.15, 0.2) is 73.7 Å². The Balaban J connectivity index is 1.93. The van der Waals surface area contributed by atoms with Crippen molar-refractivity contribution in [3.8, 4) is 22.3 Å². The number of fused-ring (bicyclic) bond motifs is 1. The van der Waals surface area contributed by atoms with E-state index < -0.39 is 5.82 Å². The van der Waals surface area contributed by atoms with E-state index in [1.807, 2.05) is 30.3 Å². The largest absolute Gasteiger partial charge is 0.368 e. The monoisotopic (exact) mass is 385 g/mol. The molecule has 4 aromatic rings. The first-order valence-corrected chi connectivity index (χ1v) is 8.74. The van der Waals surface area contributed by atoms with Gasteiger partial charge in [0.2, 0.25) is 11.9 Å². The van der Waals surface area contributed by atoms with Gasteiger partial charge >= 0.3 is 0 Å². The highest BCUT2D eigenvalue weighted by atomic mass is 19.1. The molecule has 7 heteroatoms. The Bertz CT molecular complexity index is 1260. The molecule has 142 valence electrons. The predicted octanol–water partition coefficient (Wildman–Crippen LogP) is 4.20. The third-order valence-electron chi connectivity index (χ3n) is 4.37. The van der Waals surface area contributed by atoms with Crippen LogP contribution >= 0.6 is 0 Å². The van der Waals surface area contributed by atoms with Crippen molar-refractivity contribution in [2.24, 2.45) is 0 Å².